The van der Waals surface area contributed by atoms with Gasteiger partial charge in [0.25, 0.3) is 0 Å². The Hall–Kier alpha value is -1.32. The number of ether oxygens (including phenoxy) is 2. The van der Waals surface area contributed by atoms with E-state index in [1.165, 1.54) is 17.5 Å². The van der Waals surface area contributed by atoms with Crippen LogP contribution in [0.15, 0.2) is 30.9 Å². The second kappa shape index (κ2) is 8.35. The number of allylic oxidation sites excluding steroid dienone is 1. The third-order valence-electron chi connectivity index (χ3n) is 3.90. The van der Waals surface area contributed by atoms with E-state index in [-0.39, 0.29) is 6.10 Å². The maximum atomic E-state index is 5.89. The van der Waals surface area contributed by atoms with Crippen LogP contribution in [-0.4, -0.2) is 37.8 Å². The zero-order valence-electron chi connectivity index (χ0n) is 14.2. The first-order valence-electron chi connectivity index (χ1n) is 8.24. The number of hydrogen-bond acceptors (Lipinski definition) is 3. The molecule has 1 aliphatic heterocycles. The van der Waals surface area contributed by atoms with Gasteiger partial charge in [-0.1, -0.05) is 18.2 Å². The van der Waals surface area contributed by atoms with E-state index in [4.69, 9.17) is 9.47 Å². The molecule has 122 valence electrons. The first-order valence-corrected chi connectivity index (χ1v) is 8.24. The molecule has 1 aromatic carbocycles. The minimum Gasteiger partial charge on any atom is -0.491 e. The Morgan fingerprint density at radius 1 is 1.45 bits per heavy atom. The second-order valence-corrected chi connectivity index (χ2v) is 6.53. The molecule has 1 saturated heterocycles. The molecule has 0 saturated carbocycles. The summed E-state index contributed by atoms with van der Waals surface area (Å²) in [7, 11) is 2.18. The summed E-state index contributed by atoms with van der Waals surface area (Å²) in [5, 5.41) is 0. The summed E-state index contributed by atoms with van der Waals surface area (Å²) in [4.78, 5) is 2.38. The fraction of sp³-hybridized carbons (Fsp3) is 0.579. The third-order valence-corrected chi connectivity index (χ3v) is 3.90. The van der Waals surface area contributed by atoms with Gasteiger partial charge in [0.1, 0.15) is 5.75 Å². The van der Waals surface area contributed by atoms with Crippen molar-refractivity contribution in [3.8, 4) is 5.75 Å². The molecule has 1 aromatic rings. The van der Waals surface area contributed by atoms with Crippen LogP contribution in [0.3, 0.4) is 0 Å². The van der Waals surface area contributed by atoms with Gasteiger partial charge < -0.3 is 14.4 Å². The highest BCUT2D eigenvalue weighted by atomic mass is 16.5. The molecule has 22 heavy (non-hydrogen) atoms. The van der Waals surface area contributed by atoms with Crippen molar-refractivity contribution in [1.82, 2.24) is 4.90 Å². The van der Waals surface area contributed by atoms with Crippen molar-refractivity contribution in [3.05, 3.63) is 42.0 Å². The van der Waals surface area contributed by atoms with Crippen LogP contribution in [0.5, 0.6) is 5.75 Å². The van der Waals surface area contributed by atoms with E-state index in [0.29, 0.717) is 5.92 Å². The molecule has 1 heterocycles. The van der Waals surface area contributed by atoms with Crippen LogP contribution in [0.2, 0.25) is 0 Å². The number of hydrogen-bond donors (Lipinski definition) is 0. The maximum absolute atomic E-state index is 5.89. The third kappa shape index (κ3) is 5.15. The monoisotopic (exact) mass is 303 g/mol. The summed E-state index contributed by atoms with van der Waals surface area (Å²) in [6.45, 7) is 11.9. The zero-order valence-corrected chi connectivity index (χ0v) is 14.2. The van der Waals surface area contributed by atoms with Crippen LogP contribution in [-0.2, 0) is 17.7 Å². The van der Waals surface area contributed by atoms with Crippen molar-refractivity contribution in [2.75, 3.05) is 26.8 Å². The molecule has 1 atom stereocenters. The molecule has 0 aliphatic carbocycles. The van der Waals surface area contributed by atoms with Crippen LogP contribution >= 0.6 is 0 Å². The minimum atomic E-state index is 0.194. The van der Waals surface area contributed by atoms with Crippen LogP contribution in [0.4, 0.5) is 0 Å². The van der Waals surface area contributed by atoms with E-state index >= 15 is 0 Å². The van der Waals surface area contributed by atoms with Gasteiger partial charge in [-0.05, 0) is 56.8 Å². The van der Waals surface area contributed by atoms with Gasteiger partial charge in [-0.25, -0.2) is 0 Å². The van der Waals surface area contributed by atoms with E-state index < -0.39 is 0 Å². The van der Waals surface area contributed by atoms with Crippen molar-refractivity contribution < 1.29 is 9.47 Å². The predicted molar refractivity (Wildman–Crippen MR) is 91.4 cm³/mol. The summed E-state index contributed by atoms with van der Waals surface area (Å²) >= 11 is 0. The number of benzene rings is 1. The highest BCUT2D eigenvalue weighted by molar-refractivity contribution is 5.38. The second-order valence-electron chi connectivity index (χ2n) is 6.53. The fourth-order valence-electron chi connectivity index (χ4n) is 2.96. The molecule has 1 aliphatic rings. The molecule has 0 radical (unpaired) electrons. The average Bonchev–Trinajstić information content (AvgIpc) is 2.94. The summed E-state index contributed by atoms with van der Waals surface area (Å²) in [6.07, 6.45) is 4.16. The summed E-state index contributed by atoms with van der Waals surface area (Å²) in [5.41, 5.74) is 2.55. The van der Waals surface area contributed by atoms with Crippen molar-refractivity contribution in [2.45, 2.75) is 39.3 Å². The molecule has 0 spiro atoms. The van der Waals surface area contributed by atoms with Crippen molar-refractivity contribution >= 4 is 0 Å². The molecule has 1 fully saturated rings. The molecule has 0 amide bonds. The largest absolute Gasteiger partial charge is 0.491 e. The van der Waals surface area contributed by atoms with Crippen LogP contribution in [0, 0.1) is 5.92 Å². The van der Waals surface area contributed by atoms with Gasteiger partial charge in [0.2, 0.25) is 0 Å². The van der Waals surface area contributed by atoms with Crippen molar-refractivity contribution in [1.29, 1.82) is 0 Å². The highest BCUT2D eigenvalue weighted by Gasteiger charge is 2.17. The molecule has 3 heteroatoms. The summed E-state index contributed by atoms with van der Waals surface area (Å²) in [5.74, 6) is 1.66. The van der Waals surface area contributed by atoms with Gasteiger partial charge in [0.15, 0.2) is 0 Å². The summed E-state index contributed by atoms with van der Waals surface area (Å²) in [6, 6.07) is 6.52. The van der Waals surface area contributed by atoms with Gasteiger partial charge >= 0.3 is 0 Å². The fourth-order valence-corrected chi connectivity index (χ4v) is 2.96. The molecule has 3 nitrogen and oxygen atoms in total. The Labute approximate surface area is 134 Å². The predicted octanol–water partition coefficient (Wildman–Crippen LogP) is 3.67. The summed E-state index contributed by atoms with van der Waals surface area (Å²) < 4.78 is 11.3. The number of rotatable bonds is 8. The molecule has 1 unspecified atom stereocenters. The minimum absolute atomic E-state index is 0.194. The molecular weight excluding hydrogens is 274 g/mol. The Bertz CT molecular complexity index is 478. The lowest BCUT2D eigenvalue weighted by Gasteiger charge is -2.21. The lowest BCUT2D eigenvalue weighted by molar-refractivity contribution is 0.173. The molecule has 0 aromatic heterocycles. The van der Waals surface area contributed by atoms with E-state index in [2.05, 4.69) is 50.6 Å². The van der Waals surface area contributed by atoms with Gasteiger partial charge in [0, 0.05) is 19.7 Å². The van der Waals surface area contributed by atoms with Crippen LogP contribution in [0.25, 0.3) is 0 Å². The Balaban J connectivity index is 2.00. The first kappa shape index (κ1) is 17.0. The van der Waals surface area contributed by atoms with Crippen LogP contribution in [0.1, 0.15) is 31.4 Å². The normalized spacial score (nSPS) is 18.1. The van der Waals surface area contributed by atoms with Crippen LogP contribution < -0.4 is 4.74 Å². The average molecular weight is 303 g/mol. The Kier molecular flexibility index (Phi) is 6.47. The van der Waals surface area contributed by atoms with Gasteiger partial charge in [-0.15, -0.1) is 6.58 Å². The maximum Gasteiger partial charge on any atom is 0.123 e. The molecule has 0 bridgehead atoms. The quantitative estimate of drug-likeness (QED) is 0.684. The van der Waals surface area contributed by atoms with Gasteiger partial charge in [-0.2, -0.15) is 0 Å². The van der Waals surface area contributed by atoms with Crippen molar-refractivity contribution in [3.63, 3.8) is 0 Å². The number of nitrogens with zero attached hydrogens (tertiary/aromatic N) is 1. The van der Waals surface area contributed by atoms with E-state index in [9.17, 15) is 0 Å². The van der Waals surface area contributed by atoms with Gasteiger partial charge in [0.05, 0.1) is 12.7 Å². The lowest BCUT2D eigenvalue weighted by atomic mass is 10.1. The van der Waals surface area contributed by atoms with Gasteiger partial charge in [-0.3, -0.25) is 0 Å². The first-order chi connectivity index (χ1) is 10.6. The Morgan fingerprint density at radius 2 is 2.27 bits per heavy atom. The standard InChI is InChI=1S/C19H29NO2/c1-5-6-18-11-16(7-8-19(18)22-15(2)3)12-20(4)13-17-9-10-21-14-17/h5,7-8,11,15,17H,1,6,9-10,12-14H2,2-4H3. The van der Waals surface area contributed by atoms with E-state index in [1.807, 2.05) is 6.08 Å². The Morgan fingerprint density at radius 3 is 2.91 bits per heavy atom. The highest BCUT2D eigenvalue weighted by Crippen LogP contribution is 2.23. The zero-order chi connectivity index (χ0) is 15.9. The van der Waals surface area contributed by atoms with Crippen molar-refractivity contribution in [2.24, 2.45) is 5.92 Å². The molecule has 0 N–H and O–H groups in total. The SMILES string of the molecule is C=CCc1cc(CN(C)CC2CCOC2)ccc1OC(C)C. The van der Waals surface area contributed by atoms with E-state index in [1.54, 1.807) is 0 Å². The molecule has 2 rings (SSSR count). The smallest absolute Gasteiger partial charge is 0.123 e. The lowest BCUT2D eigenvalue weighted by Crippen LogP contribution is -2.25. The topological polar surface area (TPSA) is 21.7 Å². The molecular formula is C19H29NO2. The van der Waals surface area contributed by atoms with E-state index in [0.717, 1.165) is 38.5 Å².